The van der Waals surface area contributed by atoms with Crippen LogP contribution in [0.25, 0.3) is 11.8 Å². The average Bonchev–Trinajstić information content (AvgIpc) is 3.29. The Morgan fingerprint density at radius 2 is 1.68 bits per heavy atom. The summed E-state index contributed by atoms with van der Waals surface area (Å²) in [6.07, 6.45) is 12.4. The van der Waals surface area contributed by atoms with E-state index in [1.165, 1.54) is 4.90 Å². The molecule has 1 aromatic rings. The van der Waals surface area contributed by atoms with Crippen molar-refractivity contribution in [3.8, 4) is 0 Å². The standard InChI is InChI=1S/C25H17ClN2O2S/c1-4-16-8-10-28-21(23(16)15(3)31-26)13-19(25(28)30)18-12-20-22-14(2)6-5-7-17(22)9-11-27(20)24(18)29/h4-13H,1,3H2,2H3/b19-18+. The highest BCUT2D eigenvalue weighted by Crippen LogP contribution is 2.44. The van der Waals surface area contributed by atoms with E-state index < -0.39 is 0 Å². The van der Waals surface area contributed by atoms with Gasteiger partial charge in [0.15, 0.2) is 0 Å². The molecule has 0 fully saturated rings. The Labute approximate surface area is 189 Å². The summed E-state index contributed by atoms with van der Waals surface area (Å²) in [6.45, 7) is 9.88. The summed E-state index contributed by atoms with van der Waals surface area (Å²) in [7, 11) is 6.96. The number of fused-ring (bicyclic) bond motifs is 4. The first-order valence-corrected chi connectivity index (χ1v) is 11.3. The highest BCUT2D eigenvalue weighted by Gasteiger charge is 2.39. The van der Waals surface area contributed by atoms with Gasteiger partial charge in [-0.25, -0.2) is 0 Å². The summed E-state index contributed by atoms with van der Waals surface area (Å²) >= 11 is 0. The Morgan fingerprint density at radius 1 is 1.03 bits per heavy atom. The van der Waals surface area contributed by atoms with E-state index in [0.29, 0.717) is 21.7 Å². The zero-order valence-corrected chi connectivity index (χ0v) is 18.3. The SMILES string of the molecule is C=CC1=C(C(=C)SCl)C2=C/C(=C3/C=C4c5c(C)cccc5C=CN4C3=O)C(=O)N2C=C1. The average molecular weight is 445 g/mol. The molecule has 4 heterocycles. The first-order valence-electron chi connectivity index (χ1n) is 9.62. The Balaban J connectivity index is 1.69. The van der Waals surface area contributed by atoms with Gasteiger partial charge in [-0.3, -0.25) is 19.4 Å². The molecule has 0 N–H and O–H groups in total. The number of carbonyl (C=O) groups is 2. The topological polar surface area (TPSA) is 40.6 Å². The quantitative estimate of drug-likeness (QED) is 0.570. The van der Waals surface area contributed by atoms with Crippen molar-refractivity contribution in [1.82, 2.24) is 9.80 Å². The number of rotatable bonds is 3. The smallest absolute Gasteiger partial charge is 0.263 e. The van der Waals surface area contributed by atoms with Crippen LogP contribution in [0.15, 0.2) is 101 Å². The van der Waals surface area contributed by atoms with Gasteiger partial charge < -0.3 is 0 Å². The van der Waals surface area contributed by atoms with E-state index in [2.05, 4.69) is 13.2 Å². The molecule has 4 nitrogen and oxygen atoms in total. The van der Waals surface area contributed by atoms with Gasteiger partial charge in [-0.2, -0.15) is 0 Å². The predicted octanol–water partition coefficient (Wildman–Crippen LogP) is 5.60. The molecular weight excluding hydrogens is 428 g/mol. The number of halogens is 1. The second kappa shape index (κ2) is 7.15. The zero-order valence-electron chi connectivity index (χ0n) is 16.7. The van der Waals surface area contributed by atoms with Gasteiger partial charge in [0.25, 0.3) is 11.8 Å². The third kappa shape index (κ3) is 2.77. The molecule has 0 atom stereocenters. The number of hydrogen-bond donors (Lipinski definition) is 0. The van der Waals surface area contributed by atoms with Crippen LogP contribution in [0.3, 0.4) is 0 Å². The minimum Gasteiger partial charge on any atom is -0.283 e. The number of carbonyl (C=O) groups excluding carboxylic acids is 2. The van der Waals surface area contributed by atoms with Crippen molar-refractivity contribution >= 4 is 45.2 Å². The van der Waals surface area contributed by atoms with E-state index in [0.717, 1.165) is 44.5 Å². The van der Waals surface area contributed by atoms with E-state index in [1.807, 2.05) is 37.3 Å². The van der Waals surface area contributed by atoms with Gasteiger partial charge in [0.05, 0.1) is 22.5 Å². The largest absolute Gasteiger partial charge is 0.283 e. The van der Waals surface area contributed by atoms with E-state index in [9.17, 15) is 9.59 Å². The fourth-order valence-electron chi connectivity index (χ4n) is 4.31. The second-order valence-corrected chi connectivity index (χ2v) is 8.55. The fraction of sp³-hybridized carbons (Fsp3) is 0.0400. The normalized spacial score (nSPS) is 21.2. The Kier molecular flexibility index (Phi) is 4.54. The molecule has 5 rings (SSSR count). The highest BCUT2D eigenvalue weighted by atomic mass is 35.7. The summed E-state index contributed by atoms with van der Waals surface area (Å²) in [4.78, 5) is 30.3. The molecule has 0 unspecified atom stereocenters. The van der Waals surface area contributed by atoms with Gasteiger partial charge >= 0.3 is 0 Å². The minimum atomic E-state index is -0.256. The second-order valence-electron chi connectivity index (χ2n) is 7.44. The molecule has 31 heavy (non-hydrogen) atoms. The molecule has 0 saturated carbocycles. The summed E-state index contributed by atoms with van der Waals surface area (Å²) in [6, 6.07) is 6.03. The monoisotopic (exact) mass is 444 g/mol. The number of aryl methyl sites for hydroxylation is 1. The van der Waals surface area contributed by atoms with Crippen molar-refractivity contribution in [3.05, 3.63) is 118 Å². The molecule has 0 radical (unpaired) electrons. The maximum atomic E-state index is 13.3. The van der Waals surface area contributed by atoms with E-state index in [1.54, 1.807) is 35.5 Å². The Hall–Kier alpha value is -3.28. The molecule has 6 heteroatoms. The first-order chi connectivity index (χ1) is 15.0. The maximum Gasteiger partial charge on any atom is 0.263 e. The number of hydrogen-bond acceptors (Lipinski definition) is 3. The summed E-state index contributed by atoms with van der Waals surface area (Å²) in [5.41, 5.74) is 6.85. The highest BCUT2D eigenvalue weighted by molar-refractivity contribution is 8.24. The molecule has 2 amide bonds. The van der Waals surface area contributed by atoms with Crippen LogP contribution >= 0.6 is 21.7 Å². The van der Waals surface area contributed by atoms with Gasteiger partial charge in [0, 0.05) is 28.4 Å². The molecule has 1 aromatic carbocycles. The lowest BCUT2D eigenvalue weighted by molar-refractivity contribution is -0.124. The van der Waals surface area contributed by atoms with E-state index in [4.69, 9.17) is 10.7 Å². The molecular formula is C25H17ClN2O2S. The van der Waals surface area contributed by atoms with Crippen LogP contribution in [0.4, 0.5) is 0 Å². The van der Waals surface area contributed by atoms with Crippen molar-refractivity contribution in [3.63, 3.8) is 0 Å². The maximum absolute atomic E-state index is 13.3. The van der Waals surface area contributed by atoms with Crippen LogP contribution in [0.5, 0.6) is 0 Å². The zero-order chi connectivity index (χ0) is 21.9. The molecule has 0 spiro atoms. The molecule has 0 saturated heterocycles. The lowest BCUT2D eigenvalue weighted by Gasteiger charge is -2.24. The predicted molar refractivity (Wildman–Crippen MR) is 126 cm³/mol. The van der Waals surface area contributed by atoms with Crippen LogP contribution in [0, 0.1) is 6.92 Å². The molecule has 0 aromatic heterocycles. The van der Waals surface area contributed by atoms with E-state index in [-0.39, 0.29) is 11.8 Å². The fourth-order valence-corrected chi connectivity index (χ4v) is 4.85. The van der Waals surface area contributed by atoms with Crippen LogP contribution in [0.2, 0.25) is 0 Å². The van der Waals surface area contributed by atoms with Crippen molar-refractivity contribution in [2.45, 2.75) is 6.92 Å². The van der Waals surface area contributed by atoms with Gasteiger partial charge in [-0.05, 0) is 69.6 Å². The lowest BCUT2D eigenvalue weighted by atomic mass is 9.96. The molecule has 4 aliphatic rings. The van der Waals surface area contributed by atoms with Crippen molar-refractivity contribution in [2.75, 3.05) is 0 Å². The third-order valence-corrected chi connectivity index (χ3v) is 6.72. The van der Waals surface area contributed by atoms with Gasteiger partial charge in [0.1, 0.15) is 0 Å². The van der Waals surface area contributed by atoms with Gasteiger partial charge in [-0.1, -0.05) is 37.4 Å². The van der Waals surface area contributed by atoms with Crippen molar-refractivity contribution in [2.24, 2.45) is 0 Å². The summed E-state index contributed by atoms with van der Waals surface area (Å²) in [5, 5.41) is 0. The summed E-state index contributed by atoms with van der Waals surface area (Å²) < 4.78 is 0. The van der Waals surface area contributed by atoms with Gasteiger partial charge in [-0.15, -0.1) is 0 Å². The van der Waals surface area contributed by atoms with Crippen LogP contribution < -0.4 is 0 Å². The van der Waals surface area contributed by atoms with Crippen molar-refractivity contribution in [1.29, 1.82) is 0 Å². The van der Waals surface area contributed by atoms with Crippen molar-refractivity contribution < 1.29 is 9.59 Å². The third-order valence-electron chi connectivity index (χ3n) is 5.77. The lowest BCUT2D eigenvalue weighted by Crippen LogP contribution is -2.26. The Morgan fingerprint density at radius 3 is 2.35 bits per heavy atom. The summed E-state index contributed by atoms with van der Waals surface area (Å²) in [5.74, 6) is -0.475. The Bertz CT molecular complexity index is 1310. The van der Waals surface area contributed by atoms with Gasteiger partial charge in [0.2, 0.25) is 0 Å². The van der Waals surface area contributed by atoms with E-state index >= 15 is 0 Å². The first kappa shape index (κ1) is 19.7. The van der Waals surface area contributed by atoms with Crippen LogP contribution in [-0.4, -0.2) is 21.6 Å². The van der Waals surface area contributed by atoms with Crippen LogP contribution in [0.1, 0.15) is 16.7 Å². The molecule has 152 valence electrons. The number of benzene rings is 1. The van der Waals surface area contributed by atoms with Crippen LogP contribution in [-0.2, 0) is 9.59 Å². The number of amides is 2. The minimum absolute atomic E-state index is 0.218. The number of allylic oxidation sites excluding steroid dienone is 4. The molecule has 0 aliphatic carbocycles. The number of nitrogens with zero attached hydrogens (tertiary/aromatic N) is 2. The molecule has 0 bridgehead atoms. The molecule has 4 aliphatic heterocycles.